The quantitative estimate of drug-likeness (QED) is 0.399. The molecule has 4 rings (SSSR count). The summed E-state index contributed by atoms with van der Waals surface area (Å²) >= 11 is 0. The molecule has 32 heavy (non-hydrogen) atoms. The zero-order valence-electron chi connectivity index (χ0n) is 18.3. The maximum Gasteiger partial charge on any atom is 0.246 e. The summed E-state index contributed by atoms with van der Waals surface area (Å²) in [6, 6.07) is 12.8. The minimum atomic E-state index is -3.76. The van der Waals surface area contributed by atoms with Crippen LogP contribution in [0.3, 0.4) is 0 Å². The van der Waals surface area contributed by atoms with E-state index < -0.39 is 10.0 Å². The van der Waals surface area contributed by atoms with Crippen molar-refractivity contribution in [2.24, 2.45) is 0 Å². The molecule has 3 heterocycles. The largest absolute Gasteiger partial charge is 0.497 e. The van der Waals surface area contributed by atoms with E-state index in [4.69, 9.17) is 13.7 Å². The Morgan fingerprint density at radius 3 is 2.53 bits per heavy atom. The van der Waals surface area contributed by atoms with E-state index in [2.05, 4.69) is 10.3 Å². The summed E-state index contributed by atoms with van der Waals surface area (Å²) in [4.78, 5) is 0.182. The molecular weight excluding hydrogens is 432 g/mol. The Labute approximate surface area is 186 Å². The van der Waals surface area contributed by atoms with Crippen LogP contribution in [-0.2, 0) is 23.1 Å². The molecule has 168 valence electrons. The summed E-state index contributed by atoms with van der Waals surface area (Å²) in [6.45, 7) is 3.80. The smallest absolute Gasteiger partial charge is 0.246 e. The number of rotatable bonds is 8. The van der Waals surface area contributed by atoms with Crippen molar-refractivity contribution in [3.05, 3.63) is 71.6 Å². The maximum absolute atomic E-state index is 13.2. The average molecular weight is 457 g/mol. The first-order chi connectivity index (χ1) is 15.3. The number of ether oxygens (including phenoxy) is 1. The Balaban J connectivity index is 1.56. The molecule has 0 N–H and O–H groups in total. The summed E-state index contributed by atoms with van der Waals surface area (Å²) in [5, 5.41) is 8.56. The van der Waals surface area contributed by atoms with Crippen LogP contribution in [-0.4, -0.2) is 41.8 Å². The second-order valence-corrected chi connectivity index (χ2v) is 9.39. The molecule has 0 fully saturated rings. The number of benzene rings is 1. The molecule has 0 bridgehead atoms. The minimum absolute atomic E-state index is 0.132. The van der Waals surface area contributed by atoms with Crippen molar-refractivity contribution in [1.82, 2.24) is 19.2 Å². The third-order valence-electron chi connectivity index (χ3n) is 5.19. The number of hydrogen-bond acceptors (Lipinski definition) is 7. The summed E-state index contributed by atoms with van der Waals surface area (Å²) in [5.74, 6) is 1.88. The third kappa shape index (κ3) is 4.19. The van der Waals surface area contributed by atoms with Gasteiger partial charge in [0.2, 0.25) is 10.0 Å². The summed E-state index contributed by atoms with van der Waals surface area (Å²) in [6.07, 6.45) is 1.52. The predicted octanol–water partition coefficient (Wildman–Crippen LogP) is 3.63. The third-order valence-corrected chi connectivity index (χ3v) is 7.25. The van der Waals surface area contributed by atoms with Gasteiger partial charge in [-0.2, -0.15) is 9.40 Å². The van der Waals surface area contributed by atoms with Crippen LogP contribution in [0.1, 0.15) is 22.9 Å². The van der Waals surface area contributed by atoms with Gasteiger partial charge in [0.1, 0.15) is 28.6 Å². The molecule has 0 unspecified atom stereocenters. The van der Waals surface area contributed by atoms with Crippen molar-refractivity contribution < 1.29 is 22.1 Å². The number of hydrogen-bond donors (Lipinski definition) is 0. The first-order valence-corrected chi connectivity index (χ1v) is 11.4. The maximum atomic E-state index is 13.2. The van der Waals surface area contributed by atoms with Crippen LogP contribution >= 0.6 is 0 Å². The minimum Gasteiger partial charge on any atom is -0.497 e. The number of furan rings is 1. The van der Waals surface area contributed by atoms with Gasteiger partial charge in [0.05, 0.1) is 31.3 Å². The molecular formula is C22H24N4O5S. The van der Waals surface area contributed by atoms with Gasteiger partial charge in [0.15, 0.2) is 5.76 Å². The Morgan fingerprint density at radius 2 is 1.88 bits per heavy atom. The lowest BCUT2D eigenvalue weighted by Gasteiger charge is -2.16. The molecule has 0 atom stereocenters. The molecule has 0 radical (unpaired) electrons. The molecule has 0 aliphatic rings. The van der Waals surface area contributed by atoms with Gasteiger partial charge in [0.25, 0.3) is 0 Å². The van der Waals surface area contributed by atoms with E-state index in [9.17, 15) is 8.42 Å². The summed E-state index contributed by atoms with van der Waals surface area (Å²) in [7, 11) is -0.629. The van der Waals surface area contributed by atoms with E-state index in [1.54, 1.807) is 37.8 Å². The molecule has 1 aromatic carbocycles. The normalized spacial score (nSPS) is 11.9. The first kappa shape index (κ1) is 21.8. The number of aromatic nitrogens is 3. The highest BCUT2D eigenvalue weighted by molar-refractivity contribution is 7.89. The van der Waals surface area contributed by atoms with Crippen LogP contribution in [0, 0.1) is 13.8 Å². The van der Waals surface area contributed by atoms with Crippen molar-refractivity contribution in [2.45, 2.75) is 31.8 Å². The van der Waals surface area contributed by atoms with Gasteiger partial charge in [-0.05, 0) is 50.2 Å². The lowest BCUT2D eigenvalue weighted by molar-refractivity contribution is 0.371. The highest BCUT2D eigenvalue weighted by Crippen LogP contribution is 2.26. The van der Waals surface area contributed by atoms with Crippen LogP contribution in [0.15, 0.2) is 62.6 Å². The van der Waals surface area contributed by atoms with E-state index in [0.29, 0.717) is 28.6 Å². The van der Waals surface area contributed by atoms with Gasteiger partial charge in [0, 0.05) is 18.7 Å². The lowest BCUT2D eigenvalue weighted by Crippen LogP contribution is -2.27. The van der Waals surface area contributed by atoms with Crippen molar-refractivity contribution in [3.8, 4) is 17.0 Å². The summed E-state index contributed by atoms with van der Waals surface area (Å²) in [5.41, 5.74) is 2.51. The number of nitrogens with zero attached hydrogens (tertiary/aromatic N) is 4. The lowest BCUT2D eigenvalue weighted by atomic mass is 10.1. The van der Waals surface area contributed by atoms with Gasteiger partial charge in [-0.25, -0.2) is 8.42 Å². The molecule has 0 amide bonds. The van der Waals surface area contributed by atoms with E-state index in [0.717, 1.165) is 11.3 Å². The van der Waals surface area contributed by atoms with Gasteiger partial charge in [-0.15, -0.1) is 0 Å². The van der Waals surface area contributed by atoms with E-state index >= 15 is 0 Å². The van der Waals surface area contributed by atoms with Crippen LogP contribution in [0.2, 0.25) is 0 Å². The van der Waals surface area contributed by atoms with Gasteiger partial charge in [-0.1, -0.05) is 5.16 Å². The van der Waals surface area contributed by atoms with Gasteiger partial charge >= 0.3 is 0 Å². The fourth-order valence-electron chi connectivity index (χ4n) is 3.50. The van der Waals surface area contributed by atoms with Crippen molar-refractivity contribution in [1.29, 1.82) is 0 Å². The molecule has 0 spiro atoms. The van der Waals surface area contributed by atoms with Gasteiger partial charge in [-0.3, -0.25) is 4.68 Å². The van der Waals surface area contributed by atoms with Crippen LogP contribution in [0.25, 0.3) is 11.3 Å². The second-order valence-electron chi connectivity index (χ2n) is 7.41. The molecule has 4 aromatic rings. The Bertz CT molecular complexity index is 1310. The van der Waals surface area contributed by atoms with Crippen molar-refractivity contribution >= 4 is 10.0 Å². The SMILES string of the molecule is COc1ccc(-c2cc(Cn3nc(C)c(S(=O)(=O)N(C)Cc4ccco4)c3C)on2)cc1. The monoisotopic (exact) mass is 456 g/mol. The van der Waals surface area contributed by atoms with Crippen molar-refractivity contribution in [2.75, 3.05) is 14.2 Å². The topological polar surface area (TPSA) is 104 Å². The van der Waals surface area contributed by atoms with Crippen LogP contribution in [0.4, 0.5) is 0 Å². The molecule has 0 saturated carbocycles. The second kappa shape index (κ2) is 8.64. The van der Waals surface area contributed by atoms with Crippen LogP contribution < -0.4 is 4.74 Å². The van der Waals surface area contributed by atoms with Crippen molar-refractivity contribution in [3.63, 3.8) is 0 Å². The fourth-order valence-corrected chi connectivity index (χ4v) is 5.01. The zero-order valence-corrected chi connectivity index (χ0v) is 19.1. The number of aryl methyl sites for hydroxylation is 1. The number of methoxy groups -OCH3 is 1. The Kier molecular flexibility index (Phi) is 5.90. The Morgan fingerprint density at radius 1 is 1.12 bits per heavy atom. The van der Waals surface area contributed by atoms with E-state index in [-0.39, 0.29) is 18.0 Å². The van der Waals surface area contributed by atoms with E-state index in [1.165, 1.54) is 17.6 Å². The average Bonchev–Trinajstić information content (AvgIpc) is 3.50. The highest BCUT2D eigenvalue weighted by Gasteiger charge is 2.29. The highest BCUT2D eigenvalue weighted by atomic mass is 32.2. The first-order valence-electron chi connectivity index (χ1n) is 9.92. The molecule has 0 saturated heterocycles. The molecule has 10 heteroatoms. The fraction of sp³-hybridized carbons (Fsp3) is 0.273. The standard InChI is InChI=1S/C22H24N4O5S/c1-15-22(32(27,28)25(3)13-19-6-5-11-30-19)16(2)26(23-15)14-20-12-21(24-31-20)17-7-9-18(29-4)10-8-17/h5-12H,13-14H2,1-4H3. The molecule has 3 aromatic heterocycles. The molecule has 0 aliphatic heterocycles. The van der Waals surface area contributed by atoms with Crippen LogP contribution in [0.5, 0.6) is 5.75 Å². The predicted molar refractivity (Wildman–Crippen MR) is 117 cm³/mol. The zero-order chi connectivity index (χ0) is 22.9. The number of sulfonamides is 1. The summed E-state index contributed by atoms with van der Waals surface area (Å²) < 4.78 is 45.2. The Hall–Kier alpha value is -3.37. The van der Waals surface area contributed by atoms with Gasteiger partial charge < -0.3 is 13.7 Å². The molecule has 9 nitrogen and oxygen atoms in total. The van der Waals surface area contributed by atoms with E-state index in [1.807, 2.05) is 30.3 Å². The molecule has 0 aliphatic carbocycles.